The minimum atomic E-state index is -0.200. The Morgan fingerprint density at radius 3 is 2.89 bits per heavy atom. The molecule has 102 valence electrons. The molecule has 1 aromatic carbocycles. The quantitative estimate of drug-likeness (QED) is 0.792. The van der Waals surface area contributed by atoms with Crippen molar-refractivity contribution in [1.82, 2.24) is 5.32 Å². The largest absolute Gasteiger partial charge is 0.385 e. The van der Waals surface area contributed by atoms with Crippen LogP contribution in [0.5, 0.6) is 0 Å². The fourth-order valence-corrected chi connectivity index (χ4v) is 2.28. The van der Waals surface area contributed by atoms with Crippen molar-refractivity contribution in [2.24, 2.45) is 0 Å². The molecule has 0 saturated carbocycles. The van der Waals surface area contributed by atoms with E-state index in [1.807, 2.05) is 6.07 Å². The van der Waals surface area contributed by atoms with Crippen LogP contribution in [0.4, 0.5) is 4.39 Å². The first kappa shape index (κ1) is 15.6. The highest BCUT2D eigenvalue weighted by Crippen LogP contribution is 2.22. The lowest BCUT2D eigenvalue weighted by Gasteiger charge is -2.19. The standard InChI is InChI=1S/C14H21BrFNO/c1-3-8-17-12(7-9-18-2)10-11-5-4-6-13(16)14(11)15/h4-6,12,17H,3,7-10H2,1-2H3. The maximum atomic E-state index is 13.4. The van der Waals surface area contributed by atoms with Crippen LogP contribution in [-0.4, -0.2) is 26.3 Å². The monoisotopic (exact) mass is 317 g/mol. The third kappa shape index (κ3) is 5.04. The van der Waals surface area contributed by atoms with Gasteiger partial charge in [0.15, 0.2) is 0 Å². The Hall–Kier alpha value is -0.450. The van der Waals surface area contributed by atoms with Crippen molar-refractivity contribution >= 4 is 15.9 Å². The molecule has 0 spiro atoms. The second-order valence-corrected chi connectivity index (χ2v) is 5.14. The molecule has 0 aromatic heterocycles. The van der Waals surface area contributed by atoms with Gasteiger partial charge in [-0.15, -0.1) is 0 Å². The Balaban J connectivity index is 2.65. The van der Waals surface area contributed by atoms with Gasteiger partial charge < -0.3 is 10.1 Å². The average molecular weight is 318 g/mol. The zero-order valence-electron chi connectivity index (χ0n) is 11.0. The molecule has 1 aromatic rings. The van der Waals surface area contributed by atoms with E-state index in [2.05, 4.69) is 28.2 Å². The van der Waals surface area contributed by atoms with Crippen LogP contribution in [0.25, 0.3) is 0 Å². The summed E-state index contributed by atoms with van der Waals surface area (Å²) < 4.78 is 19.1. The Kier molecular flexibility index (Phi) is 7.47. The summed E-state index contributed by atoms with van der Waals surface area (Å²) in [6.45, 7) is 3.83. The van der Waals surface area contributed by atoms with Gasteiger partial charge in [0.25, 0.3) is 0 Å². The minimum absolute atomic E-state index is 0.200. The third-order valence-electron chi connectivity index (χ3n) is 2.85. The number of ether oxygens (including phenoxy) is 1. The molecule has 0 bridgehead atoms. The van der Waals surface area contributed by atoms with Gasteiger partial charge in [0.05, 0.1) is 4.47 Å². The van der Waals surface area contributed by atoms with E-state index < -0.39 is 0 Å². The summed E-state index contributed by atoms with van der Waals surface area (Å²) in [5.74, 6) is -0.200. The fraction of sp³-hybridized carbons (Fsp3) is 0.571. The van der Waals surface area contributed by atoms with E-state index in [-0.39, 0.29) is 5.82 Å². The second kappa shape index (κ2) is 8.62. The van der Waals surface area contributed by atoms with Gasteiger partial charge in [-0.1, -0.05) is 19.1 Å². The Bertz CT molecular complexity index is 352. The molecule has 0 aliphatic heterocycles. The van der Waals surface area contributed by atoms with E-state index in [0.717, 1.165) is 31.4 Å². The van der Waals surface area contributed by atoms with Crippen LogP contribution in [0.2, 0.25) is 0 Å². The van der Waals surface area contributed by atoms with Crippen LogP contribution in [-0.2, 0) is 11.2 Å². The highest BCUT2D eigenvalue weighted by atomic mass is 79.9. The van der Waals surface area contributed by atoms with E-state index in [9.17, 15) is 4.39 Å². The SMILES string of the molecule is CCCNC(CCOC)Cc1cccc(F)c1Br. The summed E-state index contributed by atoms with van der Waals surface area (Å²) in [6, 6.07) is 5.50. The van der Waals surface area contributed by atoms with Crippen LogP contribution < -0.4 is 5.32 Å². The zero-order valence-corrected chi connectivity index (χ0v) is 12.6. The van der Waals surface area contributed by atoms with Gasteiger partial charge in [-0.2, -0.15) is 0 Å². The van der Waals surface area contributed by atoms with Crippen molar-refractivity contribution < 1.29 is 9.13 Å². The fourth-order valence-electron chi connectivity index (χ4n) is 1.86. The van der Waals surface area contributed by atoms with E-state index >= 15 is 0 Å². The summed E-state index contributed by atoms with van der Waals surface area (Å²) in [4.78, 5) is 0. The molecule has 1 unspecified atom stereocenters. The van der Waals surface area contributed by atoms with Gasteiger partial charge in [-0.05, 0) is 53.4 Å². The number of benzene rings is 1. The molecular weight excluding hydrogens is 297 g/mol. The predicted octanol–water partition coefficient (Wildman–Crippen LogP) is 3.54. The van der Waals surface area contributed by atoms with Gasteiger partial charge in [-0.3, -0.25) is 0 Å². The smallest absolute Gasteiger partial charge is 0.137 e. The topological polar surface area (TPSA) is 21.3 Å². The predicted molar refractivity (Wildman–Crippen MR) is 76.4 cm³/mol. The van der Waals surface area contributed by atoms with Crippen LogP contribution in [0.15, 0.2) is 22.7 Å². The Morgan fingerprint density at radius 1 is 1.44 bits per heavy atom. The number of nitrogens with one attached hydrogen (secondary N) is 1. The first-order valence-electron chi connectivity index (χ1n) is 6.34. The van der Waals surface area contributed by atoms with Gasteiger partial charge in [-0.25, -0.2) is 4.39 Å². The minimum Gasteiger partial charge on any atom is -0.385 e. The van der Waals surface area contributed by atoms with E-state index in [1.54, 1.807) is 13.2 Å². The molecule has 1 rings (SSSR count). The lowest BCUT2D eigenvalue weighted by atomic mass is 10.0. The number of rotatable bonds is 8. The van der Waals surface area contributed by atoms with Crippen molar-refractivity contribution in [3.63, 3.8) is 0 Å². The molecule has 1 N–H and O–H groups in total. The highest BCUT2D eigenvalue weighted by molar-refractivity contribution is 9.10. The summed E-state index contributed by atoms with van der Waals surface area (Å²) in [5.41, 5.74) is 1.000. The van der Waals surface area contributed by atoms with Crippen LogP contribution in [0.1, 0.15) is 25.3 Å². The van der Waals surface area contributed by atoms with Gasteiger partial charge in [0.1, 0.15) is 5.82 Å². The molecule has 2 nitrogen and oxygen atoms in total. The first-order chi connectivity index (χ1) is 8.69. The highest BCUT2D eigenvalue weighted by Gasteiger charge is 2.12. The van der Waals surface area contributed by atoms with Crippen molar-refractivity contribution in [3.05, 3.63) is 34.1 Å². The zero-order chi connectivity index (χ0) is 13.4. The summed E-state index contributed by atoms with van der Waals surface area (Å²) in [5, 5.41) is 3.48. The number of hydrogen-bond acceptors (Lipinski definition) is 2. The number of hydrogen-bond donors (Lipinski definition) is 1. The lowest BCUT2D eigenvalue weighted by Crippen LogP contribution is -2.33. The second-order valence-electron chi connectivity index (χ2n) is 4.35. The molecule has 0 fully saturated rings. The molecule has 0 radical (unpaired) electrons. The summed E-state index contributed by atoms with van der Waals surface area (Å²) in [7, 11) is 1.70. The molecule has 0 aliphatic rings. The van der Waals surface area contributed by atoms with Crippen molar-refractivity contribution in [2.75, 3.05) is 20.3 Å². The summed E-state index contributed by atoms with van der Waals surface area (Å²) in [6.07, 6.45) is 2.83. The molecule has 0 aliphatic carbocycles. The van der Waals surface area contributed by atoms with Crippen LogP contribution in [0.3, 0.4) is 0 Å². The lowest BCUT2D eigenvalue weighted by molar-refractivity contribution is 0.182. The maximum Gasteiger partial charge on any atom is 0.137 e. The average Bonchev–Trinajstić information content (AvgIpc) is 2.38. The summed E-state index contributed by atoms with van der Waals surface area (Å²) >= 11 is 3.31. The third-order valence-corrected chi connectivity index (χ3v) is 3.74. The number of methoxy groups -OCH3 is 1. The molecular formula is C14H21BrFNO. The van der Waals surface area contributed by atoms with Crippen molar-refractivity contribution in [1.29, 1.82) is 0 Å². The first-order valence-corrected chi connectivity index (χ1v) is 7.13. The normalized spacial score (nSPS) is 12.7. The van der Waals surface area contributed by atoms with Gasteiger partial charge in [0, 0.05) is 19.8 Å². The molecule has 18 heavy (non-hydrogen) atoms. The Labute approximate surface area is 117 Å². The Morgan fingerprint density at radius 2 is 2.22 bits per heavy atom. The van der Waals surface area contributed by atoms with Gasteiger partial charge in [0.2, 0.25) is 0 Å². The molecule has 0 amide bonds. The number of halogens is 2. The molecule has 1 atom stereocenters. The van der Waals surface area contributed by atoms with Crippen molar-refractivity contribution in [2.45, 2.75) is 32.2 Å². The van der Waals surface area contributed by atoms with E-state index in [0.29, 0.717) is 17.1 Å². The van der Waals surface area contributed by atoms with Crippen LogP contribution >= 0.6 is 15.9 Å². The van der Waals surface area contributed by atoms with Crippen molar-refractivity contribution in [3.8, 4) is 0 Å². The van der Waals surface area contributed by atoms with E-state index in [4.69, 9.17) is 4.74 Å². The van der Waals surface area contributed by atoms with Gasteiger partial charge >= 0.3 is 0 Å². The van der Waals surface area contributed by atoms with E-state index in [1.165, 1.54) is 6.07 Å². The molecule has 0 saturated heterocycles. The maximum absolute atomic E-state index is 13.4. The molecule has 0 heterocycles. The van der Waals surface area contributed by atoms with Crippen LogP contribution in [0, 0.1) is 5.82 Å². The molecule has 4 heteroatoms.